The van der Waals surface area contributed by atoms with E-state index in [-0.39, 0.29) is 11.9 Å². The summed E-state index contributed by atoms with van der Waals surface area (Å²) in [6.07, 6.45) is 1.87. The Morgan fingerprint density at radius 1 is 1.10 bits per heavy atom. The molecule has 0 fully saturated rings. The highest BCUT2D eigenvalue weighted by molar-refractivity contribution is 5.94. The maximum Gasteiger partial charge on any atom is 0.287 e. The van der Waals surface area contributed by atoms with Crippen LogP contribution >= 0.6 is 0 Å². The first-order valence-electron chi connectivity index (χ1n) is 7.00. The lowest BCUT2D eigenvalue weighted by Crippen LogP contribution is -2.31. The van der Waals surface area contributed by atoms with Crippen molar-refractivity contribution in [2.75, 3.05) is 0 Å². The molecule has 1 aromatic carbocycles. The Balaban J connectivity index is 2.17. The van der Waals surface area contributed by atoms with Crippen LogP contribution in [-0.4, -0.2) is 21.3 Å². The molecule has 0 unspecified atom stereocenters. The fourth-order valence-corrected chi connectivity index (χ4v) is 2.33. The molecule has 4 heteroatoms. The largest absolute Gasteiger partial charge is 0.347 e. The number of nitrogens with zero attached hydrogens (tertiary/aromatic N) is 2. The van der Waals surface area contributed by atoms with E-state index in [1.807, 2.05) is 73.0 Å². The van der Waals surface area contributed by atoms with Crippen molar-refractivity contribution in [1.29, 1.82) is 0 Å². The van der Waals surface area contributed by atoms with Crippen LogP contribution in [0, 0.1) is 0 Å². The van der Waals surface area contributed by atoms with E-state index in [1.54, 1.807) is 0 Å². The molecule has 2 heterocycles. The molecule has 21 heavy (non-hydrogen) atoms. The first-order valence-corrected chi connectivity index (χ1v) is 7.00. The minimum Gasteiger partial charge on any atom is -0.347 e. The number of carbonyl (C=O) groups is 1. The summed E-state index contributed by atoms with van der Waals surface area (Å²) in [5, 5.41) is 2.89. The summed E-state index contributed by atoms with van der Waals surface area (Å²) in [6, 6.07) is 15.8. The third kappa shape index (κ3) is 2.52. The lowest BCUT2D eigenvalue weighted by molar-refractivity contribution is 0.0932. The molecule has 0 saturated carbocycles. The van der Waals surface area contributed by atoms with Crippen LogP contribution in [0.4, 0.5) is 0 Å². The Morgan fingerprint density at radius 3 is 2.52 bits per heavy atom. The standard InChI is InChI=1S/C17H17N3O/c1-12(2)18-17(21)16-19-15(13-8-4-3-5-9-13)14-10-6-7-11-20(14)16/h3-12H,1-2H3,(H,18,21). The first kappa shape index (κ1) is 13.4. The van der Waals surface area contributed by atoms with Crippen molar-refractivity contribution in [2.24, 2.45) is 0 Å². The molecule has 106 valence electrons. The van der Waals surface area contributed by atoms with Gasteiger partial charge >= 0.3 is 0 Å². The van der Waals surface area contributed by atoms with E-state index in [1.165, 1.54) is 0 Å². The quantitative estimate of drug-likeness (QED) is 0.800. The van der Waals surface area contributed by atoms with E-state index in [9.17, 15) is 4.79 Å². The molecule has 0 aliphatic heterocycles. The summed E-state index contributed by atoms with van der Waals surface area (Å²) in [5.41, 5.74) is 2.76. The molecular weight excluding hydrogens is 262 g/mol. The number of hydrogen-bond acceptors (Lipinski definition) is 2. The topological polar surface area (TPSA) is 46.4 Å². The second-order valence-corrected chi connectivity index (χ2v) is 5.23. The lowest BCUT2D eigenvalue weighted by Gasteiger charge is -2.06. The summed E-state index contributed by atoms with van der Waals surface area (Å²) < 4.78 is 1.83. The number of hydrogen-bond donors (Lipinski definition) is 1. The number of nitrogens with one attached hydrogen (secondary N) is 1. The number of imidazole rings is 1. The van der Waals surface area contributed by atoms with Crippen molar-refractivity contribution in [3.8, 4) is 11.3 Å². The van der Waals surface area contributed by atoms with Crippen LogP contribution in [0.15, 0.2) is 54.7 Å². The van der Waals surface area contributed by atoms with Crippen LogP contribution in [0.1, 0.15) is 24.5 Å². The number of pyridine rings is 1. The number of rotatable bonds is 3. The third-order valence-electron chi connectivity index (χ3n) is 3.22. The normalized spacial score (nSPS) is 11.0. The van der Waals surface area contributed by atoms with E-state index in [4.69, 9.17) is 0 Å². The monoisotopic (exact) mass is 279 g/mol. The first-order chi connectivity index (χ1) is 10.2. The number of fused-ring (bicyclic) bond motifs is 1. The van der Waals surface area contributed by atoms with Gasteiger partial charge in [0, 0.05) is 17.8 Å². The van der Waals surface area contributed by atoms with E-state index in [0.717, 1.165) is 16.8 Å². The Kier molecular flexibility index (Phi) is 3.44. The second kappa shape index (κ2) is 5.40. The predicted octanol–water partition coefficient (Wildman–Crippen LogP) is 3.14. The minimum atomic E-state index is -0.159. The summed E-state index contributed by atoms with van der Waals surface area (Å²) in [6.45, 7) is 3.87. The molecule has 3 aromatic rings. The van der Waals surface area contributed by atoms with Gasteiger partial charge in [0.25, 0.3) is 5.91 Å². The van der Waals surface area contributed by atoms with E-state index in [0.29, 0.717) is 5.82 Å². The van der Waals surface area contributed by atoms with Crippen molar-refractivity contribution in [2.45, 2.75) is 19.9 Å². The van der Waals surface area contributed by atoms with Crippen molar-refractivity contribution in [1.82, 2.24) is 14.7 Å². The molecule has 0 radical (unpaired) electrons. The van der Waals surface area contributed by atoms with Crippen LogP contribution in [-0.2, 0) is 0 Å². The van der Waals surface area contributed by atoms with Gasteiger partial charge in [0.1, 0.15) is 0 Å². The molecule has 4 nitrogen and oxygen atoms in total. The zero-order chi connectivity index (χ0) is 14.8. The molecule has 3 rings (SSSR count). The lowest BCUT2D eigenvalue weighted by atomic mass is 10.1. The zero-order valence-electron chi connectivity index (χ0n) is 12.1. The van der Waals surface area contributed by atoms with Crippen LogP contribution in [0.3, 0.4) is 0 Å². The van der Waals surface area contributed by atoms with E-state index < -0.39 is 0 Å². The Labute approximate surface area is 123 Å². The van der Waals surface area contributed by atoms with E-state index >= 15 is 0 Å². The van der Waals surface area contributed by atoms with Gasteiger partial charge in [-0.1, -0.05) is 36.4 Å². The molecule has 0 aliphatic rings. The predicted molar refractivity (Wildman–Crippen MR) is 83.2 cm³/mol. The van der Waals surface area contributed by atoms with Crippen LogP contribution in [0.2, 0.25) is 0 Å². The average molecular weight is 279 g/mol. The Bertz CT molecular complexity index is 775. The van der Waals surface area contributed by atoms with Crippen molar-refractivity contribution in [3.05, 3.63) is 60.6 Å². The van der Waals surface area contributed by atoms with Gasteiger partial charge in [-0.05, 0) is 26.0 Å². The highest BCUT2D eigenvalue weighted by atomic mass is 16.2. The summed E-state index contributed by atoms with van der Waals surface area (Å²) in [7, 11) is 0. The van der Waals surface area contributed by atoms with Gasteiger partial charge < -0.3 is 5.32 Å². The molecule has 0 spiro atoms. The maximum atomic E-state index is 12.3. The van der Waals surface area contributed by atoms with Crippen molar-refractivity contribution >= 4 is 11.4 Å². The fraction of sp³-hybridized carbons (Fsp3) is 0.176. The van der Waals surface area contributed by atoms with Crippen LogP contribution < -0.4 is 5.32 Å². The Hall–Kier alpha value is -2.62. The van der Waals surface area contributed by atoms with Gasteiger partial charge in [-0.15, -0.1) is 0 Å². The van der Waals surface area contributed by atoms with Crippen LogP contribution in [0.25, 0.3) is 16.8 Å². The van der Waals surface area contributed by atoms with Gasteiger partial charge in [-0.3, -0.25) is 9.20 Å². The number of amides is 1. The van der Waals surface area contributed by atoms with Gasteiger partial charge in [-0.2, -0.15) is 0 Å². The van der Waals surface area contributed by atoms with Gasteiger partial charge in [0.15, 0.2) is 0 Å². The smallest absolute Gasteiger partial charge is 0.287 e. The number of benzene rings is 1. The Morgan fingerprint density at radius 2 is 1.81 bits per heavy atom. The number of aromatic nitrogens is 2. The van der Waals surface area contributed by atoms with Crippen LogP contribution in [0.5, 0.6) is 0 Å². The average Bonchev–Trinajstić information content (AvgIpc) is 2.87. The third-order valence-corrected chi connectivity index (χ3v) is 3.22. The van der Waals surface area contributed by atoms with Crippen molar-refractivity contribution < 1.29 is 4.79 Å². The maximum absolute atomic E-state index is 12.3. The highest BCUT2D eigenvalue weighted by Gasteiger charge is 2.18. The zero-order valence-corrected chi connectivity index (χ0v) is 12.1. The fourth-order valence-electron chi connectivity index (χ4n) is 2.33. The molecule has 0 aliphatic carbocycles. The van der Waals surface area contributed by atoms with E-state index in [2.05, 4.69) is 10.3 Å². The summed E-state index contributed by atoms with van der Waals surface area (Å²) in [5.74, 6) is 0.256. The van der Waals surface area contributed by atoms with Gasteiger partial charge in [0.05, 0.1) is 11.2 Å². The molecule has 1 N–H and O–H groups in total. The molecule has 2 aromatic heterocycles. The molecule has 1 amide bonds. The SMILES string of the molecule is CC(C)NC(=O)c1nc(-c2ccccc2)c2ccccn12. The minimum absolute atomic E-state index is 0.0775. The number of carbonyl (C=O) groups excluding carboxylic acids is 1. The van der Waals surface area contributed by atoms with Gasteiger partial charge in [-0.25, -0.2) is 4.98 Å². The molecule has 0 atom stereocenters. The second-order valence-electron chi connectivity index (χ2n) is 5.23. The molecular formula is C17H17N3O. The van der Waals surface area contributed by atoms with Crippen molar-refractivity contribution in [3.63, 3.8) is 0 Å². The summed E-state index contributed by atoms with van der Waals surface area (Å²) in [4.78, 5) is 16.9. The summed E-state index contributed by atoms with van der Waals surface area (Å²) >= 11 is 0. The highest BCUT2D eigenvalue weighted by Crippen LogP contribution is 2.24. The van der Waals surface area contributed by atoms with Gasteiger partial charge in [0.2, 0.25) is 5.82 Å². The molecule has 0 saturated heterocycles. The molecule has 0 bridgehead atoms.